The maximum Gasteiger partial charge on any atom is 0.224 e. The second-order valence-corrected chi connectivity index (χ2v) is 4.61. The van der Waals surface area contributed by atoms with Crippen molar-refractivity contribution in [1.82, 2.24) is 0 Å². The Balaban J connectivity index is 3.10. The van der Waals surface area contributed by atoms with E-state index < -0.39 is 0 Å². The zero-order valence-electron chi connectivity index (χ0n) is 8.34. The van der Waals surface area contributed by atoms with E-state index >= 15 is 0 Å². The van der Waals surface area contributed by atoms with E-state index in [-0.39, 0.29) is 5.91 Å². The quantitative estimate of drug-likeness (QED) is 0.612. The number of amides is 1. The fourth-order valence-electron chi connectivity index (χ4n) is 1.23. The zero-order valence-corrected chi connectivity index (χ0v) is 11.2. The van der Waals surface area contributed by atoms with Gasteiger partial charge in [0.05, 0.1) is 5.69 Å². The van der Waals surface area contributed by atoms with Gasteiger partial charge in [0.15, 0.2) is 0 Å². The summed E-state index contributed by atoms with van der Waals surface area (Å²) in [6, 6.07) is 5.45. The van der Waals surface area contributed by atoms with Gasteiger partial charge in [0, 0.05) is 22.1 Å². The Bertz CT molecular complexity index is 392. The van der Waals surface area contributed by atoms with Crippen molar-refractivity contribution in [3.63, 3.8) is 0 Å². The number of benzene rings is 1. The van der Waals surface area contributed by atoms with Gasteiger partial charge in [-0.2, -0.15) is 0 Å². The van der Waals surface area contributed by atoms with Crippen LogP contribution in [0.2, 0.25) is 5.02 Å². The van der Waals surface area contributed by atoms with E-state index in [1.54, 1.807) is 17.0 Å². The minimum absolute atomic E-state index is 0.00450. The third kappa shape index (κ3) is 3.21. The van der Waals surface area contributed by atoms with Crippen molar-refractivity contribution in [3.05, 3.63) is 39.4 Å². The second kappa shape index (κ2) is 5.51. The molecule has 1 rings (SSSR count). The van der Waals surface area contributed by atoms with Crippen LogP contribution in [0.4, 0.5) is 5.69 Å². The standard InChI is InChI=1S/C11H11ClINO/c1-3-6-14(8(2)15)11-5-4-9(12)7-10(11)13/h3-5,7H,1,6H2,2H3. The second-order valence-electron chi connectivity index (χ2n) is 3.01. The lowest BCUT2D eigenvalue weighted by atomic mass is 10.3. The van der Waals surface area contributed by atoms with E-state index in [0.29, 0.717) is 11.6 Å². The Morgan fingerprint density at radius 1 is 1.67 bits per heavy atom. The van der Waals surface area contributed by atoms with Crippen LogP contribution in [-0.2, 0) is 4.79 Å². The number of anilines is 1. The van der Waals surface area contributed by atoms with Crippen LogP contribution < -0.4 is 4.90 Å². The molecule has 0 aliphatic rings. The van der Waals surface area contributed by atoms with Gasteiger partial charge in [-0.3, -0.25) is 4.79 Å². The number of carbonyl (C=O) groups excluding carboxylic acids is 1. The number of hydrogen-bond donors (Lipinski definition) is 0. The highest BCUT2D eigenvalue weighted by Crippen LogP contribution is 2.25. The molecular formula is C11H11ClINO. The summed E-state index contributed by atoms with van der Waals surface area (Å²) in [5, 5.41) is 0.672. The molecule has 0 atom stereocenters. The summed E-state index contributed by atoms with van der Waals surface area (Å²) in [6.45, 7) is 5.68. The summed E-state index contributed by atoms with van der Waals surface area (Å²) >= 11 is 8.01. The van der Waals surface area contributed by atoms with Crippen LogP contribution in [-0.4, -0.2) is 12.5 Å². The Labute approximate surface area is 108 Å². The molecule has 80 valence electrons. The summed E-state index contributed by atoms with van der Waals surface area (Å²) in [4.78, 5) is 13.1. The average molecular weight is 336 g/mol. The fraction of sp³-hybridized carbons (Fsp3) is 0.182. The van der Waals surface area contributed by atoms with Crippen LogP contribution >= 0.6 is 34.2 Å². The lowest BCUT2D eigenvalue weighted by Crippen LogP contribution is -2.29. The molecule has 0 radical (unpaired) electrons. The molecule has 0 bridgehead atoms. The lowest BCUT2D eigenvalue weighted by molar-refractivity contribution is -0.116. The predicted molar refractivity (Wildman–Crippen MR) is 72.4 cm³/mol. The van der Waals surface area contributed by atoms with E-state index in [2.05, 4.69) is 29.2 Å². The van der Waals surface area contributed by atoms with Crippen LogP contribution in [0.1, 0.15) is 6.92 Å². The largest absolute Gasteiger partial charge is 0.308 e. The first-order valence-corrected chi connectivity index (χ1v) is 5.86. The summed E-state index contributed by atoms with van der Waals surface area (Å²) in [5.74, 6) is -0.00450. The minimum atomic E-state index is -0.00450. The van der Waals surface area contributed by atoms with Crippen molar-refractivity contribution in [3.8, 4) is 0 Å². The van der Waals surface area contributed by atoms with Crippen molar-refractivity contribution in [2.75, 3.05) is 11.4 Å². The molecule has 0 aliphatic carbocycles. The van der Waals surface area contributed by atoms with E-state index in [1.807, 2.05) is 12.1 Å². The fourth-order valence-corrected chi connectivity index (χ4v) is 2.39. The van der Waals surface area contributed by atoms with Crippen molar-refractivity contribution in [1.29, 1.82) is 0 Å². The van der Waals surface area contributed by atoms with Crippen LogP contribution in [0.5, 0.6) is 0 Å². The highest BCUT2D eigenvalue weighted by atomic mass is 127. The van der Waals surface area contributed by atoms with Crippen molar-refractivity contribution in [2.24, 2.45) is 0 Å². The third-order valence-electron chi connectivity index (χ3n) is 1.89. The predicted octanol–water partition coefficient (Wildman–Crippen LogP) is 3.48. The molecular weight excluding hydrogens is 324 g/mol. The topological polar surface area (TPSA) is 20.3 Å². The maximum absolute atomic E-state index is 11.4. The van der Waals surface area contributed by atoms with E-state index in [9.17, 15) is 4.79 Å². The molecule has 0 aliphatic heterocycles. The van der Waals surface area contributed by atoms with Gasteiger partial charge in [-0.1, -0.05) is 17.7 Å². The number of carbonyl (C=O) groups is 1. The van der Waals surface area contributed by atoms with Gasteiger partial charge < -0.3 is 4.90 Å². The molecule has 0 heterocycles. The van der Waals surface area contributed by atoms with Crippen LogP contribution in [0, 0.1) is 3.57 Å². The molecule has 0 saturated heterocycles. The summed E-state index contributed by atoms with van der Waals surface area (Å²) < 4.78 is 0.956. The van der Waals surface area contributed by atoms with Crippen LogP contribution in [0.25, 0.3) is 0 Å². The Morgan fingerprint density at radius 3 is 2.80 bits per heavy atom. The van der Waals surface area contributed by atoms with Crippen molar-refractivity contribution >= 4 is 45.8 Å². The maximum atomic E-state index is 11.4. The Kier molecular flexibility index (Phi) is 4.60. The number of halogens is 2. The zero-order chi connectivity index (χ0) is 11.4. The monoisotopic (exact) mass is 335 g/mol. The molecule has 1 aromatic carbocycles. The summed E-state index contributed by atoms with van der Waals surface area (Å²) in [5.41, 5.74) is 0.868. The average Bonchev–Trinajstić information content (AvgIpc) is 2.15. The normalized spacial score (nSPS) is 9.80. The molecule has 0 N–H and O–H groups in total. The van der Waals surface area contributed by atoms with Gasteiger partial charge >= 0.3 is 0 Å². The third-order valence-corrected chi connectivity index (χ3v) is 2.99. The van der Waals surface area contributed by atoms with Gasteiger partial charge in [-0.05, 0) is 40.8 Å². The molecule has 1 aromatic rings. The lowest BCUT2D eigenvalue weighted by Gasteiger charge is -2.20. The smallest absolute Gasteiger partial charge is 0.224 e. The molecule has 0 fully saturated rings. The molecule has 15 heavy (non-hydrogen) atoms. The van der Waals surface area contributed by atoms with Gasteiger partial charge in [0.25, 0.3) is 0 Å². The van der Waals surface area contributed by atoms with Crippen LogP contribution in [0.15, 0.2) is 30.9 Å². The molecule has 0 aromatic heterocycles. The number of hydrogen-bond acceptors (Lipinski definition) is 1. The molecule has 0 spiro atoms. The van der Waals surface area contributed by atoms with Crippen molar-refractivity contribution in [2.45, 2.75) is 6.92 Å². The first-order chi connectivity index (χ1) is 7.06. The Hall–Kier alpha value is -0.550. The first-order valence-electron chi connectivity index (χ1n) is 4.40. The van der Waals surface area contributed by atoms with Crippen LogP contribution in [0.3, 0.4) is 0 Å². The summed E-state index contributed by atoms with van der Waals surface area (Å²) in [6.07, 6.45) is 1.70. The SMILES string of the molecule is C=CCN(C(C)=O)c1ccc(Cl)cc1I. The van der Waals surface area contributed by atoms with Crippen molar-refractivity contribution < 1.29 is 4.79 Å². The highest BCUT2D eigenvalue weighted by Gasteiger charge is 2.12. The van der Waals surface area contributed by atoms with E-state index in [1.165, 1.54) is 6.92 Å². The molecule has 2 nitrogen and oxygen atoms in total. The first kappa shape index (κ1) is 12.5. The molecule has 4 heteroatoms. The number of rotatable bonds is 3. The van der Waals surface area contributed by atoms with E-state index in [0.717, 1.165) is 9.26 Å². The molecule has 0 unspecified atom stereocenters. The Morgan fingerprint density at radius 2 is 2.33 bits per heavy atom. The van der Waals surface area contributed by atoms with E-state index in [4.69, 9.17) is 11.6 Å². The van der Waals surface area contributed by atoms with Gasteiger partial charge in [0.2, 0.25) is 5.91 Å². The minimum Gasteiger partial charge on any atom is -0.308 e. The van der Waals surface area contributed by atoms with Gasteiger partial charge in [0.1, 0.15) is 0 Å². The molecule has 0 saturated carbocycles. The summed E-state index contributed by atoms with van der Waals surface area (Å²) in [7, 11) is 0. The van der Waals surface area contributed by atoms with Gasteiger partial charge in [-0.25, -0.2) is 0 Å². The number of nitrogens with zero attached hydrogens (tertiary/aromatic N) is 1. The molecule has 1 amide bonds. The van der Waals surface area contributed by atoms with Gasteiger partial charge in [-0.15, -0.1) is 6.58 Å². The highest BCUT2D eigenvalue weighted by molar-refractivity contribution is 14.1.